The molecule has 0 saturated carbocycles. The molecule has 1 aromatic heterocycles. The molecule has 0 bridgehead atoms. The van der Waals surface area contributed by atoms with Gasteiger partial charge in [0, 0.05) is 43.1 Å². The van der Waals surface area contributed by atoms with Crippen LogP contribution in [0.3, 0.4) is 0 Å². The van der Waals surface area contributed by atoms with Gasteiger partial charge in [-0.3, -0.25) is 4.79 Å². The lowest BCUT2D eigenvalue weighted by atomic mass is 10.2. The molecule has 1 atom stereocenters. The fraction of sp³-hybridized carbons (Fsp3) is 0.387. The maximum Gasteiger partial charge on any atom is 0.528 e. The standard InChI is InChI=1S/C31H38ClN6O5/c1-5-36(6-2)30-34-20-26(37(7-3)28(39)22-11-10-12-23(32)19-22)27(35-30)38(17-8-9-18-38)31(41)43-25-15-13-24(14-16-25)42-29(40)21(4)33/h10-16,19-21H,5-9,17-18,33H2,1-4H3/q+1/t21-/m0/s1. The molecule has 228 valence electrons. The van der Waals surface area contributed by atoms with Gasteiger partial charge in [0.25, 0.3) is 11.7 Å². The van der Waals surface area contributed by atoms with Crippen molar-refractivity contribution in [3.8, 4) is 11.5 Å². The number of anilines is 2. The van der Waals surface area contributed by atoms with Crippen molar-refractivity contribution in [3.63, 3.8) is 0 Å². The molecule has 1 aliphatic rings. The Balaban J connectivity index is 1.76. The average molecular weight is 610 g/mol. The molecule has 3 aromatic rings. The molecule has 0 unspecified atom stereocenters. The first-order chi connectivity index (χ1) is 20.6. The summed E-state index contributed by atoms with van der Waals surface area (Å²) in [5, 5.41) is 0.445. The van der Waals surface area contributed by atoms with Crippen molar-refractivity contribution < 1.29 is 23.9 Å². The van der Waals surface area contributed by atoms with Gasteiger partial charge in [0.15, 0.2) is 0 Å². The number of aromatic nitrogens is 2. The zero-order valence-corrected chi connectivity index (χ0v) is 25.7. The molecule has 11 nitrogen and oxygen atoms in total. The van der Waals surface area contributed by atoms with E-state index in [1.807, 2.05) is 25.7 Å². The Morgan fingerprint density at radius 1 is 0.977 bits per heavy atom. The van der Waals surface area contributed by atoms with Gasteiger partial charge >= 0.3 is 12.1 Å². The molecule has 2 amide bonds. The predicted molar refractivity (Wildman–Crippen MR) is 167 cm³/mol. The maximum absolute atomic E-state index is 14.1. The molecule has 4 rings (SSSR count). The van der Waals surface area contributed by atoms with E-state index in [2.05, 4.69) is 4.98 Å². The number of hydrogen-bond donors (Lipinski definition) is 1. The number of quaternary nitrogens is 1. The summed E-state index contributed by atoms with van der Waals surface area (Å²) in [4.78, 5) is 52.9. The van der Waals surface area contributed by atoms with Gasteiger partial charge in [-0.25, -0.2) is 9.78 Å². The predicted octanol–water partition coefficient (Wildman–Crippen LogP) is 5.20. The highest BCUT2D eigenvalue weighted by molar-refractivity contribution is 6.31. The van der Waals surface area contributed by atoms with Crippen LogP contribution in [-0.4, -0.2) is 66.7 Å². The van der Waals surface area contributed by atoms with Gasteiger partial charge in [-0.15, -0.1) is 0 Å². The molecular weight excluding hydrogens is 572 g/mol. The van der Waals surface area contributed by atoms with Crippen molar-refractivity contribution in [3.05, 3.63) is 65.3 Å². The molecular formula is C31H38ClN6O5+. The second-order valence-corrected chi connectivity index (χ2v) is 10.7. The third kappa shape index (κ3) is 6.96. The van der Waals surface area contributed by atoms with Crippen LogP contribution in [0.25, 0.3) is 0 Å². The van der Waals surface area contributed by atoms with E-state index >= 15 is 0 Å². The number of ether oxygens (including phenoxy) is 2. The van der Waals surface area contributed by atoms with E-state index in [-0.39, 0.29) is 21.9 Å². The lowest BCUT2D eigenvalue weighted by Gasteiger charge is -2.33. The maximum atomic E-state index is 14.1. The number of halogens is 1. The first-order valence-electron chi connectivity index (χ1n) is 14.5. The van der Waals surface area contributed by atoms with E-state index < -0.39 is 18.1 Å². The summed E-state index contributed by atoms with van der Waals surface area (Å²) in [7, 11) is 0. The summed E-state index contributed by atoms with van der Waals surface area (Å²) in [5.74, 6) is 0.572. The summed E-state index contributed by atoms with van der Waals surface area (Å²) in [5.41, 5.74) is 6.42. The number of carbonyl (C=O) groups excluding carboxylic acids is 3. The van der Waals surface area contributed by atoms with Crippen LogP contribution in [0.1, 0.15) is 50.9 Å². The van der Waals surface area contributed by atoms with Crippen molar-refractivity contribution >= 4 is 47.0 Å². The molecule has 2 aromatic carbocycles. The van der Waals surface area contributed by atoms with Gasteiger partial charge < -0.3 is 25.0 Å². The molecule has 1 fully saturated rings. The smallest absolute Gasteiger partial charge is 0.425 e. The summed E-state index contributed by atoms with van der Waals surface area (Å²) < 4.78 is 10.9. The lowest BCUT2D eigenvalue weighted by molar-refractivity contribution is -0.135. The zero-order valence-electron chi connectivity index (χ0n) is 25.0. The molecule has 0 aliphatic carbocycles. The van der Waals surface area contributed by atoms with Gasteiger partial charge in [-0.05, 0) is 70.2 Å². The Hall–Kier alpha value is -4.06. The van der Waals surface area contributed by atoms with Crippen molar-refractivity contribution in [2.24, 2.45) is 5.73 Å². The van der Waals surface area contributed by atoms with Crippen molar-refractivity contribution in [2.75, 3.05) is 42.5 Å². The second kappa shape index (κ2) is 13.9. The Bertz CT molecular complexity index is 1460. The highest BCUT2D eigenvalue weighted by Gasteiger charge is 2.49. The minimum absolute atomic E-state index is 0.215. The molecule has 12 heteroatoms. The molecule has 2 heterocycles. The van der Waals surface area contributed by atoms with E-state index in [0.717, 1.165) is 12.8 Å². The van der Waals surface area contributed by atoms with Crippen LogP contribution in [-0.2, 0) is 4.79 Å². The molecule has 1 saturated heterocycles. The van der Waals surface area contributed by atoms with Gasteiger partial charge in [0.05, 0.1) is 19.3 Å². The van der Waals surface area contributed by atoms with Gasteiger partial charge in [0.2, 0.25) is 5.95 Å². The van der Waals surface area contributed by atoms with E-state index in [9.17, 15) is 14.4 Å². The number of benzene rings is 2. The average Bonchev–Trinajstić information content (AvgIpc) is 3.51. The topological polar surface area (TPSA) is 128 Å². The number of nitrogens with two attached hydrogens (primary N) is 1. The summed E-state index contributed by atoms with van der Waals surface area (Å²) in [6.45, 7) is 9.92. The number of esters is 1. The van der Waals surface area contributed by atoms with E-state index in [0.29, 0.717) is 60.8 Å². The van der Waals surface area contributed by atoms with Crippen LogP contribution in [0.15, 0.2) is 54.7 Å². The fourth-order valence-electron chi connectivity index (χ4n) is 5.05. The van der Waals surface area contributed by atoms with Crippen molar-refractivity contribution in [1.82, 2.24) is 14.5 Å². The molecule has 0 spiro atoms. The van der Waals surface area contributed by atoms with Gasteiger partial charge in [-0.1, -0.05) is 17.7 Å². The highest BCUT2D eigenvalue weighted by Crippen LogP contribution is 2.39. The largest absolute Gasteiger partial charge is 0.528 e. The van der Waals surface area contributed by atoms with Crippen LogP contribution in [0.2, 0.25) is 5.02 Å². The third-order valence-corrected chi connectivity index (χ3v) is 7.65. The first kappa shape index (κ1) is 31.9. The molecule has 0 radical (unpaired) electrons. The van der Waals surface area contributed by atoms with E-state index in [1.165, 1.54) is 19.1 Å². The molecule has 2 N–H and O–H groups in total. The molecule has 43 heavy (non-hydrogen) atoms. The quantitative estimate of drug-likeness (QED) is 0.187. The fourth-order valence-corrected chi connectivity index (χ4v) is 5.24. The number of rotatable bonds is 10. The summed E-state index contributed by atoms with van der Waals surface area (Å²) in [6.07, 6.45) is 2.61. The highest BCUT2D eigenvalue weighted by atomic mass is 35.5. The Labute approximate surface area is 256 Å². The number of nitrogens with zero attached hydrogens (tertiary/aromatic N) is 5. The summed E-state index contributed by atoms with van der Waals surface area (Å²) in [6, 6.07) is 12.1. The normalized spacial score (nSPS) is 14.6. The monoisotopic (exact) mass is 609 g/mol. The van der Waals surface area contributed by atoms with Crippen LogP contribution in [0.5, 0.6) is 11.5 Å². The van der Waals surface area contributed by atoms with Crippen molar-refractivity contribution in [2.45, 2.75) is 46.6 Å². The van der Waals surface area contributed by atoms with Crippen molar-refractivity contribution in [1.29, 1.82) is 0 Å². The van der Waals surface area contributed by atoms with Crippen LogP contribution in [0, 0.1) is 0 Å². The van der Waals surface area contributed by atoms with E-state index in [4.69, 9.17) is 31.8 Å². The third-order valence-electron chi connectivity index (χ3n) is 7.41. The first-order valence-corrected chi connectivity index (χ1v) is 14.9. The Morgan fingerprint density at radius 3 is 2.16 bits per heavy atom. The zero-order chi connectivity index (χ0) is 31.1. The van der Waals surface area contributed by atoms with Gasteiger partial charge in [-0.2, -0.15) is 14.3 Å². The SMILES string of the molecule is CCN(CC)c1ncc(N(CC)C(=O)c2cccc(Cl)c2)c([N+]2(C(=O)Oc3ccc(OC(=O)[C@H](C)N)cc3)CCCC2)n1. The van der Waals surface area contributed by atoms with Gasteiger partial charge in [0.1, 0.15) is 23.2 Å². The lowest BCUT2D eigenvalue weighted by Crippen LogP contribution is -2.55. The number of amides is 2. The van der Waals surface area contributed by atoms with Crippen LogP contribution < -0.4 is 29.5 Å². The number of carbonyl (C=O) groups is 3. The Morgan fingerprint density at radius 2 is 1.60 bits per heavy atom. The number of hydrogen-bond acceptors (Lipinski definition) is 9. The molecule has 1 aliphatic heterocycles. The van der Waals surface area contributed by atoms with E-state index in [1.54, 1.807) is 47.5 Å². The van der Waals surface area contributed by atoms with Crippen LogP contribution >= 0.6 is 11.6 Å². The Kier molecular flexibility index (Phi) is 10.3. The minimum atomic E-state index is -0.770. The minimum Gasteiger partial charge on any atom is -0.425 e. The second-order valence-electron chi connectivity index (χ2n) is 10.3. The number of likely N-dealkylation sites (tertiary alicyclic amines) is 1. The van der Waals surface area contributed by atoms with Crippen LogP contribution in [0.4, 0.5) is 22.2 Å². The summed E-state index contributed by atoms with van der Waals surface area (Å²) >= 11 is 6.20.